The molecule has 1 atom stereocenters. The Morgan fingerprint density at radius 2 is 1.90 bits per heavy atom. The summed E-state index contributed by atoms with van der Waals surface area (Å²) in [6.07, 6.45) is 0. The van der Waals surface area contributed by atoms with Gasteiger partial charge >= 0.3 is 0 Å². The zero-order valence-corrected chi connectivity index (χ0v) is 12.5. The number of amides is 1. The van der Waals surface area contributed by atoms with Crippen LogP contribution >= 0.6 is 0 Å². The lowest BCUT2D eigenvalue weighted by atomic mass is 10.2. The average Bonchev–Trinajstić information content (AvgIpc) is 2.39. The third-order valence-corrected chi connectivity index (χ3v) is 5.45. The molecular weight excluding hydrogens is 303 g/mol. The Labute approximate surface area is 121 Å². The number of anilines is 1. The van der Waals surface area contributed by atoms with Crippen molar-refractivity contribution in [3.8, 4) is 0 Å². The van der Waals surface area contributed by atoms with Crippen LogP contribution in [0.3, 0.4) is 0 Å². The molecule has 1 amide bonds. The van der Waals surface area contributed by atoms with E-state index in [9.17, 15) is 27.7 Å². The molecule has 1 rings (SSSR count). The Hall–Kier alpha value is -2.03. The number of nitro groups is 1. The van der Waals surface area contributed by atoms with Crippen molar-refractivity contribution in [1.82, 2.24) is 0 Å². The van der Waals surface area contributed by atoms with Gasteiger partial charge in [-0.1, -0.05) is 0 Å². The van der Waals surface area contributed by atoms with Crippen molar-refractivity contribution in [1.29, 1.82) is 0 Å². The van der Waals surface area contributed by atoms with Crippen LogP contribution in [-0.2, 0) is 14.6 Å². The Morgan fingerprint density at radius 3 is 2.38 bits per heavy atom. The van der Waals surface area contributed by atoms with Crippen molar-refractivity contribution >= 4 is 27.1 Å². The van der Waals surface area contributed by atoms with Gasteiger partial charge in [0.05, 0.1) is 16.2 Å². The maximum atomic E-state index is 13.0. The molecule has 0 heterocycles. The first kappa shape index (κ1) is 17.0. The summed E-state index contributed by atoms with van der Waals surface area (Å²) in [5.74, 6) is -1.74. The molecule has 116 valence electrons. The van der Waals surface area contributed by atoms with Crippen molar-refractivity contribution in [2.24, 2.45) is 0 Å². The highest BCUT2D eigenvalue weighted by molar-refractivity contribution is 7.93. The number of benzene rings is 1. The largest absolute Gasteiger partial charge is 0.319 e. The number of rotatable bonds is 5. The number of halogens is 1. The number of hydrogen-bond acceptors (Lipinski definition) is 5. The lowest BCUT2D eigenvalue weighted by Crippen LogP contribution is -2.36. The number of sulfone groups is 1. The maximum Gasteiger partial charge on any atom is 0.295 e. The van der Waals surface area contributed by atoms with Crippen LogP contribution in [0.2, 0.25) is 0 Å². The molecule has 0 unspecified atom stereocenters. The molecule has 21 heavy (non-hydrogen) atoms. The van der Waals surface area contributed by atoms with E-state index in [2.05, 4.69) is 5.32 Å². The molecular formula is C12H15FN2O5S. The predicted molar refractivity (Wildman–Crippen MR) is 75.2 cm³/mol. The number of carbonyl (C=O) groups is 1. The molecule has 1 aromatic rings. The molecule has 0 saturated carbocycles. The predicted octanol–water partition coefficient (Wildman–Crippen LogP) is 1.88. The van der Waals surface area contributed by atoms with E-state index in [0.717, 1.165) is 12.1 Å². The Morgan fingerprint density at radius 1 is 1.33 bits per heavy atom. The lowest BCUT2D eigenvalue weighted by molar-refractivity contribution is -0.384. The fourth-order valence-corrected chi connectivity index (χ4v) is 2.73. The third kappa shape index (κ3) is 3.75. The number of nitrogens with one attached hydrogen (secondary N) is 1. The zero-order valence-electron chi connectivity index (χ0n) is 11.7. The number of nitro benzene ring substituents is 1. The first-order chi connectivity index (χ1) is 9.57. The van der Waals surface area contributed by atoms with Crippen LogP contribution in [-0.4, -0.2) is 29.7 Å². The molecule has 1 N–H and O–H groups in total. The summed E-state index contributed by atoms with van der Waals surface area (Å²) in [7, 11) is -3.69. The third-order valence-electron chi connectivity index (χ3n) is 2.93. The summed E-state index contributed by atoms with van der Waals surface area (Å²) in [6, 6.07) is 2.60. The molecule has 0 aliphatic rings. The second-order valence-corrected chi connectivity index (χ2v) is 7.52. The number of hydrogen-bond donors (Lipinski definition) is 1. The van der Waals surface area contributed by atoms with E-state index in [4.69, 9.17) is 0 Å². The van der Waals surface area contributed by atoms with Gasteiger partial charge in [0.25, 0.3) is 5.69 Å². The summed E-state index contributed by atoms with van der Waals surface area (Å²) >= 11 is 0. The Bertz CT molecular complexity index is 672. The quantitative estimate of drug-likeness (QED) is 0.659. The molecule has 7 nitrogen and oxygen atoms in total. The molecule has 0 bridgehead atoms. The molecule has 0 fully saturated rings. The van der Waals surface area contributed by atoms with Gasteiger partial charge in [0, 0.05) is 0 Å². The Balaban J connectivity index is 3.07. The van der Waals surface area contributed by atoms with E-state index in [0.29, 0.717) is 6.07 Å². The molecule has 0 saturated heterocycles. The minimum Gasteiger partial charge on any atom is -0.319 e. The normalized spacial score (nSPS) is 13.0. The van der Waals surface area contributed by atoms with Crippen LogP contribution in [0.1, 0.15) is 20.8 Å². The van der Waals surface area contributed by atoms with E-state index in [1.165, 1.54) is 20.8 Å². The highest BCUT2D eigenvalue weighted by Crippen LogP contribution is 2.25. The molecule has 0 radical (unpaired) electrons. The van der Waals surface area contributed by atoms with Crippen LogP contribution in [0.5, 0.6) is 0 Å². The SMILES string of the molecule is CC(C)S(=O)(=O)[C@H](C)C(=O)Nc1ccc(F)cc1[N+](=O)[O-]. The summed E-state index contributed by atoms with van der Waals surface area (Å²) < 4.78 is 36.7. The first-order valence-electron chi connectivity index (χ1n) is 6.05. The summed E-state index contributed by atoms with van der Waals surface area (Å²) in [6.45, 7) is 4.05. The van der Waals surface area contributed by atoms with Crippen molar-refractivity contribution < 1.29 is 22.5 Å². The van der Waals surface area contributed by atoms with E-state index in [1.807, 2.05) is 0 Å². The van der Waals surface area contributed by atoms with Crippen LogP contribution in [0.25, 0.3) is 0 Å². The van der Waals surface area contributed by atoms with Crippen molar-refractivity contribution in [3.05, 3.63) is 34.1 Å². The van der Waals surface area contributed by atoms with Crippen LogP contribution in [0, 0.1) is 15.9 Å². The van der Waals surface area contributed by atoms with Crippen molar-refractivity contribution in [2.75, 3.05) is 5.32 Å². The Kier molecular flexibility index (Phi) is 5.00. The zero-order chi connectivity index (χ0) is 16.4. The second kappa shape index (κ2) is 6.17. The molecule has 0 aromatic heterocycles. The highest BCUT2D eigenvalue weighted by Gasteiger charge is 2.31. The van der Waals surface area contributed by atoms with Gasteiger partial charge in [-0.25, -0.2) is 12.8 Å². The molecule has 0 aliphatic heterocycles. The molecule has 1 aromatic carbocycles. The minimum atomic E-state index is -3.69. The topological polar surface area (TPSA) is 106 Å². The van der Waals surface area contributed by atoms with Gasteiger partial charge in [-0.2, -0.15) is 0 Å². The van der Waals surface area contributed by atoms with E-state index in [-0.39, 0.29) is 5.69 Å². The molecule has 9 heteroatoms. The van der Waals surface area contributed by atoms with Gasteiger partial charge in [0.1, 0.15) is 16.8 Å². The smallest absolute Gasteiger partial charge is 0.295 e. The van der Waals surface area contributed by atoms with Crippen LogP contribution < -0.4 is 5.32 Å². The monoisotopic (exact) mass is 318 g/mol. The van der Waals surface area contributed by atoms with Gasteiger partial charge in [-0.3, -0.25) is 14.9 Å². The second-order valence-electron chi connectivity index (χ2n) is 4.69. The minimum absolute atomic E-state index is 0.253. The van der Waals surface area contributed by atoms with Gasteiger partial charge < -0.3 is 5.32 Å². The number of carbonyl (C=O) groups excluding carboxylic acids is 1. The fraction of sp³-hybridized carbons (Fsp3) is 0.417. The lowest BCUT2D eigenvalue weighted by Gasteiger charge is -2.15. The van der Waals surface area contributed by atoms with Gasteiger partial charge in [0.15, 0.2) is 9.84 Å². The van der Waals surface area contributed by atoms with Gasteiger partial charge in [-0.05, 0) is 32.9 Å². The van der Waals surface area contributed by atoms with Gasteiger partial charge in [0.2, 0.25) is 5.91 Å². The fourth-order valence-electron chi connectivity index (χ4n) is 1.55. The summed E-state index contributed by atoms with van der Waals surface area (Å²) in [5.41, 5.74) is -0.894. The summed E-state index contributed by atoms with van der Waals surface area (Å²) in [5, 5.41) is 10.8. The standard InChI is InChI=1S/C12H15FN2O5S/c1-7(2)21(19,20)8(3)12(16)14-10-5-4-9(13)6-11(10)15(17)18/h4-8H,1-3H3,(H,14,16)/t8-/m1/s1. The van der Waals surface area contributed by atoms with Crippen molar-refractivity contribution in [3.63, 3.8) is 0 Å². The maximum absolute atomic E-state index is 13.0. The van der Waals surface area contributed by atoms with Crippen LogP contribution in [0.15, 0.2) is 18.2 Å². The highest BCUT2D eigenvalue weighted by atomic mass is 32.2. The van der Waals surface area contributed by atoms with E-state index in [1.54, 1.807) is 0 Å². The van der Waals surface area contributed by atoms with Crippen molar-refractivity contribution in [2.45, 2.75) is 31.3 Å². The molecule has 0 spiro atoms. The van der Waals surface area contributed by atoms with Crippen LogP contribution in [0.4, 0.5) is 15.8 Å². The molecule has 0 aliphatic carbocycles. The van der Waals surface area contributed by atoms with E-state index >= 15 is 0 Å². The average molecular weight is 318 g/mol. The number of nitrogens with zero attached hydrogens (tertiary/aromatic N) is 1. The first-order valence-corrected chi connectivity index (χ1v) is 7.65. The van der Waals surface area contributed by atoms with Gasteiger partial charge in [-0.15, -0.1) is 0 Å². The van der Waals surface area contributed by atoms with E-state index < -0.39 is 42.7 Å². The summed E-state index contributed by atoms with van der Waals surface area (Å²) in [4.78, 5) is 21.9.